The topological polar surface area (TPSA) is 104 Å². The number of amides is 1. The zero-order valence-electron chi connectivity index (χ0n) is 18.0. The minimum Gasteiger partial charge on any atom is -0.497 e. The van der Waals surface area contributed by atoms with E-state index in [1.54, 1.807) is 38.1 Å². The predicted octanol–water partition coefficient (Wildman–Crippen LogP) is 3.44. The minimum absolute atomic E-state index is 0.277. The third-order valence-electron chi connectivity index (χ3n) is 5.11. The molecule has 0 aliphatic heterocycles. The Labute approximate surface area is 179 Å². The zero-order valence-corrected chi connectivity index (χ0v) is 18.0. The Kier molecular flexibility index (Phi) is 5.33. The molecule has 0 aliphatic carbocycles. The number of fused-ring (bicyclic) bond motifs is 1. The number of ether oxygens (including phenoxy) is 2. The molecule has 0 bridgehead atoms. The Morgan fingerprint density at radius 3 is 2.71 bits per heavy atom. The lowest BCUT2D eigenvalue weighted by Crippen LogP contribution is -2.27. The Morgan fingerprint density at radius 2 is 2.03 bits per heavy atom. The summed E-state index contributed by atoms with van der Waals surface area (Å²) in [6, 6.07) is 6.85. The van der Waals surface area contributed by atoms with Crippen molar-refractivity contribution in [2.45, 2.75) is 19.9 Å². The van der Waals surface area contributed by atoms with Crippen LogP contribution in [0.3, 0.4) is 0 Å². The summed E-state index contributed by atoms with van der Waals surface area (Å²) in [4.78, 5) is 17.8. The normalized spacial score (nSPS) is 12.0. The highest BCUT2D eigenvalue weighted by atomic mass is 16.5. The van der Waals surface area contributed by atoms with Gasteiger partial charge in [-0.2, -0.15) is 5.10 Å². The highest BCUT2D eigenvalue weighted by Gasteiger charge is 2.22. The predicted molar refractivity (Wildman–Crippen MR) is 114 cm³/mol. The Balaban J connectivity index is 1.73. The van der Waals surface area contributed by atoms with Gasteiger partial charge in [0.1, 0.15) is 11.5 Å². The maximum atomic E-state index is 13.3. The summed E-state index contributed by atoms with van der Waals surface area (Å²) in [6.07, 6.45) is 3.51. The maximum Gasteiger partial charge on any atom is 0.259 e. The fourth-order valence-electron chi connectivity index (χ4n) is 3.51. The van der Waals surface area contributed by atoms with Crippen LogP contribution in [0.25, 0.3) is 22.4 Å². The first-order valence-corrected chi connectivity index (χ1v) is 9.70. The molecule has 3 aromatic heterocycles. The SMILES string of the molecule is COc1ccc(OC)c([C@H](C)NC(=O)c2cc(-c3cnn(C)c3)nc3onc(C)c23)c1. The molecule has 0 fully saturated rings. The molecule has 4 aromatic rings. The first-order chi connectivity index (χ1) is 14.9. The maximum absolute atomic E-state index is 13.3. The van der Waals surface area contributed by atoms with Crippen LogP contribution >= 0.6 is 0 Å². The van der Waals surface area contributed by atoms with Crippen LogP contribution in [0.15, 0.2) is 41.2 Å². The van der Waals surface area contributed by atoms with E-state index in [0.29, 0.717) is 39.6 Å². The van der Waals surface area contributed by atoms with Crippen molar-refractivity contribution in [1.29, 1.82) is 0 Å². The summed E-state index contributed by atoms with van der Waals surface area (Å²) < 4.78 is 17.8. The van der Waals surface area contributed by atoms with Gasteiger partial charge in [-0.1, -0.05) is 5.16 Å². The second-order valence-corrected chi connectivity index (χ2v) is 7.21. The van der Waals surface area contributed by atoms with Crippen LogP contribution in [0.2, 0.25) is 0 Å². The standard InChI is InChI=1S/C22H23N5O4/c1-12(16-8-15(29-4)6-7-19(16)30-5)24-21(28)17-9-18(14-10-23-27(3)11-14)25-22-20(17)13(2)26-31-22/h6-12H,1-5H3,(H,24,28)/t12-/m0/s1. The first kappa shape index (κ1) is 20.4. The number of carbonyl (C=O) groups is 1. The van der Waals surface area contributed by atoms with Crippen molar-refractivity contribution in [2.75, 3.05) is 14.2 Å². The van der Waals surface area contributed by atoms with E-state index >= 15 is 0 Å². The molecule has 9 heteroatoms. The van der Waals surface area contributed by atoms with Gasteiger partial charge in [0, 0.05) is 24.4 Å². The molecule has 0 radical (unpaired) electrons. The van der Waals surface area contributed by atoms with E-state index in [1.165, 1.54) is 0 Å². The highest BCUT2D eigenvalue weighted by Crippen LogP contribution is 2.31. The van der Waals surface area contributed by atoms with Crippen LogP contribution in [0.1, 0.15) is 34.6 Å². The molecule has 0 aliphatic rings. The molecule has 0 unspecified atom stereocenters. The molecular formula is C22H23N5O4. The number of nitrogens with zero attached hydrogens (tertiary/aromatic N) is 4. The molecule has 1 amide bonds. The van der Waals surface area contributed by atoms with Crippen molar-refractivity contribution in [3.05, 3.63) is 53.5 Å². The number of pyridine rings is 1. The Hall–Kier alpha value is -3.88. The van der Waals surface area contributed by atoms with Gasteiger partial charge in [0.2, 0.25) is 0 Å². The van der Waals surface area contributed by atoms with Gasteiger partial charge in [-0.15, -0.1) is 0 Å². The molecule has 0 saturated carbocycles. The van der Waals surface area contributed by atoms with Crippen LogP contribution in [0.4, 0.5) is 0 Å². The molecular weight excluding hydrogens is 398 g/mol. The molecule has 4 rings (SSSR count). The highest BCUT2D eigenvalue weighted by molar-refractivity contribution is 6.07. The van der Waals surface area contributed by atoms with Crippen molar-refractivity contribution in [3.63, 3.8) is 0 Å². The van der Waals surface area contributed by atoms with Gasteiger partial charge in [0.25, 0.3) is 11.6 Å². The van der Waals surface area contributed by atoms with Crippen molar-refractivity contribution >= 4 is 17.0 Å². The van der Waals surface area contributed by atoms with E-state index in [0.717, 1.165) is 11.1 Å². The van der Waals surface area contributed by atoms with Crippen molar-refractivity contribution < 1.29 is 18.8 Å². The van der Waals surface area contributed by atoms with Crippen molar-refractivity contribution in [3.8, 4) is 22.8 Å². The zero-order chi connectivity index (χ0) is 22.1. The number of aromatic nitrogens is 4. The van der Waals surface area contributed by atoms with Crippen LogP contribution in [-0.2, 0) is 7.05 Å². The van der Waals surface area contributed by atoms with Gasteiger partial charge in [-0.3, -0.25) is 9.48 Å². The summed E-state index contributed by atoms with van der Waals surface area (Å²) in [5.41, 5.74) is 3.47. The molecule has 3 heterocycles. The van der Waals surface area contributed by atoms with Gasteiger partial charge in [0.05, 0.1) is 48.8 Å². The molecule has 31 heavy (non-hydrogen) atoms. The number of carbonyl (C=O) groups excluding carboxylic acids is 1. The largest absolute Gasteiger partial charge is 0.497 e. The quantitative estimate of drug-likeness (QED) is 0.508. The van der Waals surface area contributed by atoms with E-state index in [4.69, 9.17) is 14.0 Å². The lowest BCUT2D eigenvalue weighted by atomic mass is 10.0. The second-order valence-electron chi connectivity index (χ2n) is 7.21. The number of aryl methyl sites for hydroxylation is 2. The van der Waals surface area contributed by atoms with Crippen LogP contribution in [0.5, 0.6) is 11.5 Å². The van der Waals surface area contributed by atoms with E-state index in [9.17, 15) is 4.79 Å². The second kappa shape index (κ2) is 8.10. The van der Waals surface area contributed by atoms with Gasteiger partial charge < -0.3 is 19.3 Å². The Morgan fingerprint density at radius 1 is 1.23 bits per heavy atom. The van der Waals surface area contributed by atoms with Crippen LogP contribution in [-0.4, -0.2) is 40.0 Å². The minimum atomic E-state index is -0.345. The molecule has 0 saturated heterocycles. The first-order valence-electron chi connectivity index (χ1n) is 9.70. The Bertz CT molecular complexity index is 1260. The monoisotopic (exact) mass is 421 g/mol. The summed E-state index contributed by atoms with van der Waals surface area (Å²) in [5, 5.41) is 11.8. The smallest absolute Gasteiger partial charge is 0.259 e. The number of rotatable bonds is 6. The number of methoxy groups -OCH3 is 2. The van der Waals surface area contributed by atoms with Gasteiger partial charge in [-0.05, 0) is 38.1 Å². The molecule has 0 spiro atoms. The number of hydrogen-bond acceptors (Lipinski definition) is 7. The third-order valence-corrected chi connectivity index (χ3v) is 5.11. The number of hydrogen-bond donors (Lipinski definition) is 1. The van der Waals surface area contributed by atoms with Gasteiger partial charge in [-0.25, -0.2) is 4.98 Å². The van der Waals surface area contributed by atoms with E-state index in [-0.39, 0.29) is 11.9 Å². The lowest BCUT2D eigenvalue weighted by molar-refractivity contribution is 0.0941. The van der Waals surface area contributed by atoms with E-state index in [2.05, 4.69) is 20.6 Å². The van der Waals surface area contributed by atoms with Crippen LogP contribution in [0, 0.1) is 6.92 Å². The third kappa shape index (κ3) is 3.81. The van der Waals surface area contributed by atoms with Gasteiger partial charge in [0.15, 0.2) is 0 Å². The molecule has 1 aromatic carbocycles. The molecule has 160 valence electrons. The number of benzene rings is 1. The summed E-state index contributed by atoms with van der Waals surface area (Å²) in [5.74, 6) is 1.06. The van der Waals surface area contributed by atoms with Crippen molar-refractivity contribution in [1.82, 2.24) is 25.2 Å². The molecule has 1 N–H and O–H groups in total. The lowest BCUT2D eigenvalue weighted by Gasteiger charge is -2.18. The van der Waals surface area contributed by atoms with E-state index in [1.807, 2.05) is 38.4 Å². The number of nitrogens with one attached hydrogen (secondary N) is 1. The fraction of sp³-hybridized carbons (Fsp3) is 0.273. The summed E-state index contributed by atoms with van der Waals surface area (Å²) in [6.45, 7) is 3.67. The average molecular weight is 421 g/mol. The molecule has 9 nitrogen and oxygen atoms in total. The van der Waals surface area contributed by atoms with Crippen LogP contribution < -0.4 is 14.8 Å². The van der Waals surface area contributed by atoms with E-state index < -0.39 is 0 Å². The summed E-state index contributed by atoms with van der Waals surface area (Å²) >= 11 is 0. The fourth-order valence-corrected chi connectivity index (χ4v) is 3.51. The van der Waals surface area contributed by atoms with Crippen molar-refractivity contribution in [2.24, 2.45) is 7.05 Å². The molecule has 1 atom stereocenters. The average Bonchev–Trinajstić information content (AvgIpc) is 3.38. The summed E-state index contributed by atoms with van der Waals surface area (Å²) in [7, 11) is 5.00. The van der Waals surface area contributed by atoms with Gasteiger partial charge >= 0.3 is 0 Å².